The predicted octanol–water partition coefficient (Wildman–Crippen LogP) is -0.762. The molecular formula is C17H34N6O3. The quantitative estimate of drug-likeness (QED) is 0.131. The lowest BCUT2D eigenvalue weighted by Crippen LogP contribution is -2.54. The molecule has 2 unspecified atom stereocenters. The van der Waals surface area contributed by atoms with Crippen LogP contribution in [-0.4, -0.2) is 48.7 Å². The second-order valence-corrected chi connectivity index (χ2v) is 7.16. The van der Waals surface area contributed by atoms with Gasteiger partial charge in [-0.1, -0.05) is 27.7 Å². The van der Waals surface area contributed by atoms with Crippen molar-refractivity contribution < 1.29 is 14.4 Å². The Balaban J connectivity index is 4.81. The summed E-state index contributed by atoms with van der Waals surface area (Å²) in [5.41, 5.74) is 16.3. The molecule has 0 saturated heterocycles. The predicted molar refractivity (Wildman–Crippen MR) is 102 cm³/mol. The number of rotatable bonds is 12. The summed E-state index contributed by atoms with van der Waals surface area (Å²) in [6, 6.07) is -2.10. The third kappa shape index (κ3) is 9.97. The second-order valence-electron chi connectivity index (χ2n) is 7.16. The van der Waals surface area contributed by atoms with Crippen molar-refractivity contribution in [2.24, 2.45) is 34.0 Å². The highest BCUT2D eigenvalue weighted by molar-refractivity contribution is 5.90. The van der Waals surface area contributed by atoms with Gasteiger partial charge in [0.2, 0.25) is 11.8 Å². The number of aldehydes is 1. The van der Waals surface area contributed by atoms with Gasteiger partial charge in [-0.25, -0.2) is 0 Å². The lowest BCUT2D eigenvalue weighted by molar-refractivity contribution is -0.131. The molecule has 8 N–H and O–H groups in total. The van der Waals surface area contributed by atoms with Gasteiger partial charge < -0.3 is 32.6 Å². The molecule has 0 radical (unpaired) electrons. The summed E-state index contributed by atoms with van der Waals surface area (Å²) >= 11 is 0. The van der Waals surface area contributed by atoms with Gasteiger partial charge in [0.15, 0.2) is 5.96 Å². The van der Waals surface area contributed by atoms with Gasteiger partial charge in [0.1, 0.15) is 12.3 Å². The van der Waals surface area contributed by atoms with Crippen LogP contribution in [0.2, 0.25) is 0 Å². The summed E-state index contributed by atoms with van der Waals surface area (Å²) in [5.74, 6) is -0.662. The van der Waals surface area contributed by atoms with Gasteiger partial charge in [-0.2, -0.15) is 0 Å². The number of guanidine groups is 1. The maximum Gasteiger partial charge on any atom is 0.243 e. The molecule has 0 aromatic rings. The minimum Gasteiger partial charge on any atom is -0.370 e. The van der Waals surface area contributed by atoms with E-state index in [1.807, 2.05) is 27.7 Å². The summed E-state index contributed by atoms with van der Waals surface area (Å²) in [4.78, 5) is 39.8. The zero-order valence-electron chi connectivity index (χ0n) is 16.2. The molecule has 150 valence electrons. The van der Waals surface area contributed by atoms with Gasteiger partial charge in [-0.15, -0.1) is 0 Å². The monoisotopic (exact) mass is 370 g/mol. The van der Waals surface area contributed by atoms with E-state index in [1.165, 1.54) is 0 Å². The first-order valence-electron chi connectivity index (χ1n) is 8.95. The van der Waals surface area contributed by atoms with Gasteiger partial charge >= 0.3 is 0 Å². The zero-order chi connectivity index (χ0) is 20.3. The van der Waals surface area contributed by atoms with E-state index in [0.717, 1.165) is 0 Å². The average Bonchev–Trinajstić information content (AvgIpc) is 2.55. The van der Waals surface area contributed by atoms with Gasteiger partial charge in [0.05, 0.1) is 12.1 Å². The van der Waals surface area contributed by atoms with E-state index >= 15 is 0 Å². The Morgan fingerprint density at radius 1 is 1.08 bits per heavy atom. The van der Waals surface area contributed by atoms with Crippen molar-refractivity contribution in [3.05, 3.63) is 0 Å². The van der Waals surface area contributed by atoms with Crippen molar-refractivity contribution in [1.29, 1.82) is 0 Å². The Kier molecular flexibility index (Phi) is 11.2. The number of aliphatic imine (C=N–C) groups is 1. The molecule has 3 atom stereocenters. The third-order valence-corrected chi connectivity index (χ3v) is 3.82. The molecule has 0 aliphatic heterocycles. The standard InChI is InChI=1S/C17H34N6O3/c1-10(2)8-13(23-16(26)14(18)11(3)4)15(25)22-12(9-24)6-5-7-21-17(19)20/h9-14H,5-8,18H2,1-4H3,(H,22,25)(H,23,26)(H4,19,20,21)/t12-,13?,14?/m1/s1. The molecule has 9 nitrogen and oxygen atoms in total. The number of carbonyl (C=O) groups is 3. The lowest BCUT2D eigenvalue weighted by atomic mass is 10.00. The maximum atomic E-state index is 12.5. The first kappa shape index (κ1) is 23.8. The molecule has 26 heavy (non-hydrogen) atoms. The van der Waals surface area contributed by atoms with Crippen molar-refractivity contribution >= 4 is 24.1 Å². The number of nitrogens with zero attached hydrogens (tertiary/aromatic N) is 1. The molecule has 0 heterocycles. The third-order valence-electron chi connectivity index (χ3n) is 3.82. The first-order valence-corrected chi connectivity index (χ1v) is 8.95. The van der Waals surface area contributed by atoms with Crippen molar-refractivity contribution in [3.63, 3.8) is 0 Å². The van der Waals surface area contributed by atoms with E-state index in [9.17, 15) is 14.4 Å². The van der Waals surface area contributed by atoms with Crippen LogP contribution in [0.25, 0.3) is 0 Å². The van der Waals surface area contributed by atoms with E-state index in [-0.39, 0.29) is 23.7 Å². The topological polar surface area (TPSA) is 166 Å². The minimum absolute atomic E-state index is 0.0158. The number of nitrogens with two attached hydrogens (primary N) is 3. The summed E-state index contributed by atoms with van der Waals surface area (Å²) in [7, 11) is 0. The number of hydrogen-bond acceptors (Lipinski definition) is 5. The zero-order valence-corrected chi connectivity index (χ0v) is 16.2. The molecule has 0 aliphatic rings. The normalized spacial score (nSPS) is 14.4. The fraction of sp³-hybridized carbons (Fsp3) is 0.765. The number of amides is 2. The minimum atomic E-state index is -0.743. The van der Waals surface area contributed by atoms with E-state index in [4.69, 9.17) is 17.2 Å². The molecule has 0 bridgehead atoms. The second kappa shape index (κ2) is 12.2. The van der Waals surface area contributed by atoms with E-state index in [2.05, 4.69) is 15.6 Å². The van der Waals surface area contributed by atoms with Crippen molar-refractivity contribution in [2.45, 2.75) is 65.1 Å². The largest absolute Gasteiger partial charge is 0.370 e. The van der Waals surface area contributed by atoms with Crippen molar-refractivity contribution in [2.75, 3.05) is 6.54 Å². The fourth-order valence-corrected chi connectivity index (χ4v) is 2.25. The Morgan fingerprint density at radius 2 is 1.69 bits per heavy atom. The van der Waals surface area contributed by atoms with Crippen LogP contribution in [0.15, 0.2) is 4.99 Å². The van der Waals surface area contributed by atoms with Crippen LogP contribution in [0.4, 0.5) is 0 Å². The number of nitrogens with one attached hydrogen (secondary N) is 2. The van der Waals surface area contributed by atoms with Crippen LogP contribution in [0, 0.1) is 11.8 Å². The molecule has 0 aliphatic carbocycles. The molecule has 9 heteroatoms. The van der Waals surface area contributed by atoms with E-state index in [0.29, 0.717) is 32.1 Å². The highest BCUT2D eigenvalue weighted by atomic mass is 16.2. The average molecular weight is 370 g/mol. The Labute approximate surface area is 155 Å². The Morgan fingerprint density at radius 3 is 2.15 bits per heavy atom. The van der Waals surface area contributed by atoms with Crippen LogP contribution < -0.4 is 27.8 Å². The summed E-state index contributed by atoms with van der Waals surface area (Å²) in [6.45, 7) is 7.93. The summed E-state index contributed by atoms with van der Waals surface area (Å²) < 4.78 is 0. The Hall–Kier alpha value is -2.16. The van der Waals surface area contributed by atoms with Crippen LogP contribution in [0.3, 0.4) is 0 Å². The number of hydrogen-bond donors (Lipinski definition) is 5. The molecule has 0 saturated carbocycles. The molecule has 0 aromatic heterocycles. The summed E-state index contributed by atoms with van der Waals surface area (Å²) in [6.07, 6.45) is 2.06. The van der Waals surface area contributed by atoms with Gasteiger partial charge in [-0.3, -0.25) is 14.6 Å². The first-order chi connectivity index (χ1) is 12.1. The molecule has 0 spiro atoms. The van der Waals surface area contributed by atoms with Gasteiger partial charge in [0, 0.05) is 6.54 Å². The van der Waals surface area contributed by atoms with E-state index in [1.54, 1.807) is 0 Å². The van der Waals surface area contributed by atoms with Crippen LogP contribution in [0.1, 0.15) is 47.0 Å². The highest BCUT2D eigenvalue weighted by Crippen LogP contribution is 2.08. The smallest absolute Gasteiger partial charge is 0.243 e. The molecule has 0 fully saturated rings. The maximum absolute atomic E-state index is 12.5. The fourth-order valence-electron chi connectivity index (χ4n) is 2.25. The molecule has 0 aromatic carbocycles. The molecule has 0 rings (SSSR count). The van der Waals surface area contributed by atoms with E-state index < -0.39 is 24.0 Å². The molecule has 2 amide bonds. The van der Waals surface area contributed by atoms with Crippen LogP contribution in [0.5, 0.6) is 0 Å². The van der Waals surface area contributed by atoms with Crippen molar-refractivity contribution in [1.82, 2.24) is 10.6 Å². The Bertz CT molecular complexity index is 489. The van der Waals surface area contributed by atoms with Crippen molar-refractivity contribution in [3.8, 4) is 0 Å². The summed E-state index contributed by atoms with van der Waals surface area (Å²) in [5, 5.41) is 5.35. The lowest BCUT2D eigenvalue weighted by Gasteiger charge is -2.24. The molecular weight excluding hydrogens is 336 g/mol. The SMILES string of the molecule is CC(C)CC(NC(=O)C(N)C(C)C)C(=O)N[C@@H](C=O)CCCN=C(N)N. The highest BCUT2D eigenvalue weighted by Gasteiger charge is 2.27. The van der Waals surface area contributed by atoms with Gasteiger partial charge in [0.25, 0.3) is 0 Å². The van der Waals surface area contributed by atoms with Crippen LogP contribution in [-0.2, 0) is 14.4 Å². The van der Waals surface area contributed by atoms with Gasteiger partial charge in [-0.05, 0) is 31.1 Å². The number of carbonyl (C=O) groups excluding carboxylic acids is 3. The van der Waals surface area contributed by atoms with Crippen LogP contribution >= 0.6 is 0 Å².